The first-order valence-corrected chi connectivity index (χ1v) is 9.69. The Kier molecular flexibility index (Phi) is 6.70. The fourth-order valence-corrected chi connectivity index (χ4v) is 3.44. The molecule has 1 aromatic carbocycles. The van der Waals surface area contributed by atoms with Crippen molar-refractivity contribution < 1.29 is 9.84 Å². The maximum absolute atomic E-state index is 10.2. The number of hydrogen-bond acceptors (Lipinski definition) is 5. The van der Waals surface area contributed by atoms with Crippen LogP contribution in [0.3, 0.4) is 0 Å². The molecule has 0 unspecified atom stereocenters. The first kappa shape index (κ1) is 18.6. The van der Waals surface area contributed by atoms with E-state index in [2.05, 4.69) is 40.8 Å². The Morgan fingerprint density at radius 1 is 1.16 bits per heavy atom. The van der Waals surface area contributed by atoms with Crippen molar-refractivity contribution in [3.05, 3.63) is 29.8 Å². The smallest absolute Gasteiger partial charge is 0.119 e. The van der Waals surface area contributed by atoms with Crippen molar-refractivity contribution in [3.63, 3.8) is 0 Å². The third kappa shape index (κ3) is 5.96. The molecule has 0 aromatic heterocycles. The predicted molar refractivity (Wildman–Crippen MR) is 101 cm³/mol. The van der Waals surface area contributed by atoms with Crippen LogP contribution in [0.25, 0.3) is 0 Å². The molecule has 0 spiro atoms. The van der Waals surface area contributed by atoms with Gasteiger partial charge in [0, 0.05) is 45.3 Å². The van der Waals surface area contributed by atoms with E-state index in [1.54, 1.807) is 0 Å². The second-order valence-corrected chi connectivity index (χ2v) is 7.51. The maximum Gasteiger partial charge on any atom is 0.119 e. The van der Waals surface area contributed by atoms with Gasteiger partial charge in [-0.15, -0.1) is 0 Å². The fourth-order valence-electron chi connectivity index (χ4n) is 3.44. The van der Waals surface area contributed by atoms with Crippen LogP contribution in [-0.2, 0) is 6.54 Å². The highest BCUT2D eigenvalue weighted by Crippen LogP contribution is 2.28. The maximum atomic E-state index is 10.2. The molecule has 25 heavy (non-hydrogen) atoms. The summed E-state index contributed by atoms with van der Waals surface area (Å²) >= 11 is 0. The van der Waals surface area contributed by atoms with E-state index in [0.29, 0.717) is 13.2 Å². The van der Waals surface area contributed by atoms with Gasteiger partial charge in [0.05, 0.1) is 0 Å². The van der Waals surface area contributed by atoms with Gasteiger partial charge in [0.2, 0.25) is 0 Å². The summed E-state index contributed by atoms with van der Waals surface area (Å²) in [5.74, 6) is 0.843. The van der Waals surface area contributed by atoms with Gasteiger partial charge in [0.25, 0.3) is 0 Å². The molecule has 0 radical (unpaired) electrons. The minimum Gasteiger partial charge on any atom is -0.491 e. The molecule has 0 amide bonds. The third-order valence-corrected chi connectivity index (χ3v) is 5.29. The summed E-state index contributed by atoms with van der Waals surface area (Å²) in [5.41, 5.74) is 1.33. The highest BCUT2D eigenvalue weighted by molar-refractivity contribution is 5.27. The van der Waals surface area contributed by atoms with Gasteiger partial charge in [-0.1, -0.05) is 19.1 Å². The number of likely N-dealkylation sites (N-methyl/N-ethyl adjacent to an activating group) is 1. The number of rotatable bonds is 9. The lowest BCUT2D eigenvalue weighted by Crippen LogP contribution is -2.47. The first-order valence-electron chi connectivity index (χ1n) is 9.69. The van der Waals surface area contributed by atoms with E-state index in [4.69, 9.17) is 4.74 Å². The van der Waals surface area contributed by atoms with Crippen LogP contribution in [0.4, 0.5) is 0 Å². The minimum atomic E-state index is -0.437. The van der Waals surface area contributed by atoms with Crippen LogP contribution < -0.4 is 4.74 Å². The molecule has 1 aliphatic carbocycles. The highest BCUT2D eigenvalue weighted by atomic mass is 16.5. The van der Waals surface area contributed by atoms with E-state index in [0.717, 1.165) is 51.1 Å². The van der Waals surface area contributed by atoms with Gasteiger partial charge < -0.3 is 14.7 Å². The fraction of sp³-hybridized carbons (Fsp3) is 0.700. The van der Waals surface area contributed by atoms with E-state index in [-0.39, 0.29) is 0 Å². The Balaban J connectivity index is 1.39. The van der Waals surface area contributed by atoms with Crippen LogP contribution in [0.15, 0.2) is 24.3 Å². The first-order chi connectivity index (χ1) is 12.1. The number of β-amino-alcohol motifs (C(OH)–C–C–N with tert-alkyl or cyclic N) is 1. The topological polar surface area (TPSA) is 39.2 Å². The number of aliphatic hydroxyl groups excluding tert-OH is 1. The summed E-state index contributed by atoms with van der Waals surface area (Å²) in [5, 5.41) is 10.2. The second kappa shape index (κ2) is 8.99. The summed E-state index contributed by atoms with van der Waals surface area (Å²) in [6, 6.07) is 9.14. The standard InChI is InChI=1S/C20H33N3O2/c1-3-23(18-6-7-18)14-17-4-8-20(9-5-17)25-16-19(24)15-22-12-10-21(2)11-13-22/h4-5,8-9,18-19,24H,3,6-7,10-16H2,1-2H3/t19-/m1/s1. The van der Waals surface area contributed by atoms with Gasteiger partial charge in [-0.2, -0.15) is 0 Å². The SMILES string of the molecule is CCN(Cc1ccc(OC[C@H](O)CN2CCN(C)CC2)cc1)C1CC1. The molecule has 1 atom stereocenters. The number of nitrogens with zero attached hydrogens (tertiary/aromatic N) is 3. The zero-order chi connectivity index (χ0) is 17.6. The third-order valence-electron chi connectivity index (χ3n) is 5.29. The molecule has 5 heteroatoms. The van der Waals surface area contributed by atoms with E-state index in [1.807, 2.05) is 12.1 Å². The van der Waals surface area contributed by atoms with Crippen molar-refractivity contribution >= 4 is 0 Å². The Morgan fingerprint density at radius 2 is 1.84 bits per heavy atom. The number of ether oxygens (including phenoxy) is 1. The molecule has 3 rings (SSSR count). The van der Waals surface area contributed by atoms with Crippen LogP contribution in [0.2, 0.25) is 0 Å². The van der Waals surface area contributed by atoms with Crippen LogP contribution in [0.5, 0.6) is 5.75 Å². The lowest BCUT2D eigenvalue weighted by Gasteiger charge is -2.33. The largest absolute Gasteiger partial charge is 0.491 e. The van der Waals surface area contributed by atoms with Gasteiger partial charge in [-0.25, -0.2) is 0 Å². The van der Waals surface area contributed by atoms with Crippen LogP contribution in [-0.4, -0.2) is 84.9 Å². The molecule has 0 bridgehead atoms. The molecule has 1 N–H and O–H groups in total. The van der Waals surface area contributed by atoms with E-state index in [1.165, 1.54) is 18.4 Å². The van der Waals surface area contributed by atoms with Crippen molar-refractivity contribution in [3.8, 4) is 5.75 Å². The van der Waals surface area contributed by atoms with Gasteiger partial charge >= 0.3 is 0 Å². The molecular formula is C20H33N3O2. The number of benzene rings is 1. The number of hydrogen-bond donors (Lipinski definition) is 1. The van der Waals surface area contributed by atoms with Crippen molar-refractivity contribution in [2.24, 2.45) is 0 Å². The molecule has 5 nitrogen and oxygen atoms in total. The van der Waals surface area contributed by atoms with Crippen molar-refractivity contribution in [1.29, 1.82) is 0 Å². The Hall–Kier alpha value is -1.14. The molecule has 1 saturated heterocycles. The minimum absolute atomic E-state index is 0.356. The van der Waals surface area contributed by atoms with E-state index < -0.39 is 6.10 Å². The Morgan fingerprint density at radius 3 is 2.44 bits per heavy atom. The highest BCUT2D eigenvalue weighted by Gasteiger charge is 2.27. The van der Waals surface area contributed by atoms with Crippen molar-refractivity contribution in [2.75, 3.05) is 52.9 Å². The normalized spacial score (nSPS) is 20.8. The molecule has 1 saturated carbocycles. The van der Waals surface area contributed by atoms with Crippen LogP contribution in [0.1, 0.15) is 25.3 Å². The summed E-state index contributed by atoms with van der Waals surface area (Å²) < 4.78 is 5.78. The van der Waals surface area contributed by atoms with E-state index in [9.17, 15) is 5.11 Å². The zero-order valence-corrected chi connectivity index (χ0v) is 15.7. The summed E-state index contributed by atoms with van der Waals surface area (Å²) in [4.78, 5) is 7.17. The average Bonchev–Trinajstić information content (AvgIpc) is 3.46. The average molecular weight is 348 g/mol. The van der Waals surface area contributed by atoms with Gasteiger partial charge in [0.1, 0.15) is 18.5 Å². The quantitative estimate of drug-likeness (QED) is 0.736. The van der Waals surface area contributed by atoms with Gasteiger partial charge in [-0.05, 0) is 44.1 Å². The van der Waals surface area contributed by atoms with Gasteiger partial charge in [0.15, 0.2) is 0 Å². The summed E-state index contributed by atoms with van der Waals surface area (Å²) in [7, 11) is 2.14. The zero-order valence-electron chi connectivity index (χ0n) is 15.7. The van der Waals surface area contributed by atoms with Crippen molar-refractivity contribution in [2.45, 2.75) is 38.5 Å². The summed E-state index contributed by atoms with van der Waals surface area (Å²) in [6.45, 7) is 9.61. The molecule has 1 aromatic rings. The molecule has 140 valence electrons. The van der Waals surface area contributed by atoms with Crippen LogP contribution >= 0.6 is 0 Å². The predicted octanol–water partition coefficient (Wildman–Crippen LogP) is 1.66. The summed E-state index contributed by atoms with van der Waals surface area (Å²) in [6.07, 6.45) is 2.26. The molecule has 1 aliphatic heterocycles. The molecule has 2 fully saturated rings. The lowest BCUT2D eigenvalue weighted by atomic mass is 10.2. The van der Waals surface area contributed by atoms with Crippen molar-refractivity contribution in [1.82, 2.24) is 14.7 Å². The Bertz CT molecular complexity index is 510. The van der Waals surface area contributed by atoms with Gasteiger partial charge in [-0.3, -0.25) is 9.80 Å². The monoisotopic (exact) mass is 347 g/mol. The second-order valence-electron chi connectivity index (χ2n) is 7.51. The number of aliphatic hydroxyl groups is 1. The molecular weight excluding hydrogens is 314 g/mol. The lowest BCUT2D eigenvalue weighted by molar-refractivity contribution is 0.0505. The number of piperazine rings is 1. The van der Waals surface area contributed by atoms with E-state index >= 15 is 0 Å². The molecule has 1 heterocycles. The Labute approximate surface area is 152 Å². The molecule has 2 aliphatic rings. The van der Waals surface area contributed by atoms with Crippen LogP contribution in [0, 0.1) is 0 Å².